The van der Waals surface area contributed by atoms with Gasteiger partial charge in [0.15, 0.2) is 0 Å². The number of fused-ring (bicyclic) bond motifs is 1. The molecule has 0 bridgehead atoms. The molecule has 1 aromatic carbocycles. The van der Waals surface area contributed by atoms with Crippen molar-refractivity contribution in [2.24, 2.45) is 23.7 Å². The van der Waals surface area contributed by atoms with Crippen LogP contribution in [0.4, 0.5) is 5.69 Å². The van der Waals surface area contributed by atoms with Crippen molar-refractivity contribution in [2.45, 2.75) is 33.1 Å². The molecule has 1 aliphatic carbocycles. The number of nitrogens with zero attached hydrogens (tertiary/aromatic N) is 2. The largest absolute Gasteiger partial charge is 0.339 e. The Balaban J connectivity index is 1.58. The lowest BCUT2D eigenvalue weighted by molar-refractivity contribution is -0.122. The van der Waals surface area contributed by atoms with Gasteiger partial charge in [0.2, 0.25) is 11.8 Å². The minimum Gasteiger partial charge on any atom is -0.339 e. The maximum absolute atomic E-state index is 13.0. The van der Waals surface area contributed by atoms with Crippen LogP contribution in [0.5, 0.6) is 0 Å². The number of hydrogen-bond acceptors (Lipinski definition) is 3. The molecule has 1 aromatic rings. The van der Waals surface area contributed by atoms with E-state index in [1.807, 2.05) is 24.0 Å². The van der Waals surface area contributed by atoms with Gasteiger partial charge in [0.1, 0.15) is 0 Å². The van der Waals surface area contributed by atoms with Crippen LogP contribution in [0.1, 0.15) is 43.5 Å². The van der Waals surface area contributed by atoms with Crippen molar-refractivity contribution in [1.29, 1.82) is 0 Å². The number of anilines is 1. The van der Waals surface area contributed by atoms with Gasteiger partial charge in [-0.05, 0) is 49.3 Å². The molecule has 0 aromatic heterocycles. The summed E-state index contributed by atoms with van der Waals surface area (Å²) in [6.07, 6.45) is 6.66. The second-order valence-corrected chi connectivity index (χ2v) is 8.19. The monoisotopic (exact) mass is 366 g/mol. The first kappa shape index (κ1) is 18.0. The highest BCUT2D eigenvalue weighted by atomic mass is 16.2. The van der Waals surface area contributed by atoms with Gasteiger partial charge >= 0.3 is 0 Å². The minimum absolute atomic E-state index is 0.0182. The third kappa shape index (κ3) is 3.09. The number of likely N-dealkylation sites (tertiary alicyclic amines) is 1. The van der Waals surface area contributed by atoms with E-state index in [0.717, 1.165) is 25.9 Å². The van der Waals surface area contributed by atoms with Crippen LogP contribution >= 0.6 is 0 Å². The van der Waals surface area contributed by atoms with Gasteiger partial charge in [-0.1, -0.05) is 32.1 Å². The van der Waals surface area contributed by atoms with Gasteiger partial charge in [0, 0.05) is 18.7 Å². The second kappa shape index (κ2) is 6.95. The maximum Gasteiger partial charge on any atom is 0.253 e. The third-order valence-electron chi connectivity index (χ3n) is 6.29. The van der Waals surface area contributed by atoms with Crippen molar-refractivity contribution in [3.63, 3.8) is 0 Å². The van der Waals surface area contributed by atoms with Gasteiger partial charge in [-0.15, -0.1) is 0 Å². The Hall–Kier alpha value is -2.43. The quantitative estimate of drug-likeness (QED) is 0.596. The second-order valence-electron chi connectivity index (χ2n) is 8.19. The van der Waals surface area contributed by atoms with Crippen molar-refractivity contribution in [3.05, 3.63) is 42.0 Å². The SMILES string of the molecule is CC1CCN(C(=O)c2cccc(N3C(=O)[C@@H]4[C@@H](C)C=CC[C@H]4C3=O)c2)CC1. The fourth-order valence-electron chi connectivity index (χ4n) is 4.57. The summed E-state index contributed by atoms with van der Waals surface area (Å²) >= 11 is 0. The van der Waals surface area contributed by atoms with Crippen LogP contribution in [-0.2, 0) is 9.59 Å². The van der Waals surface area contributed by atoms with E-state index in [1.165, 1.54) is 4.90 Å². The van der Waals surface area contributed by atoms with E-state index in [2.05, 4.69) is 6.92 Å². The first-order chi connectivity index (χ1) is 13.0. The third-order valence-corrected chi connectivity index (χ3v) is 6.29. The molecule has 142 valence electrons. The van der Waals surface area contributed by atoms with E-state index in [9.17, 15) is 14.4 Å². The Kier molecular flexibility index (Phi) is 4.62. The Morgan fingerprint density at radius 1 is 1.07 bits per heavy atom. The number of carbonyl (C=O) groups is 3. The van der Waals surface area contributed by atoms with Gasteiger partial charge in [-0.25, -0.2) is 0 Å². The van der Waals surface area contributed by atoms with Crippen LogP contribution in [0.25, 0.3) is 0 Å². The molecule has 2 aliphatic heterocycles. The van der Waals surface area contributed by atoms with Crippen LogP contribution in [0, 0.1) is 23.7 Å². The van der Waals surface area contributed by atoms with Gasteiger partial charge in [0.25, 0.3) is 5.91 Å². The number of allylic oxidation sites excluding steroid dienone is 2. The van der Waals surface area contributed by atoms with Gasteiger partial charge < -0.3 is 4.90 Å². The smallest absolute Gasteiger partial charge is 0.253 e. The molecule has 2 heterocycles. The summed E-state index contributed by atoms with van der Waals surface area (Å²) in [6.45, 7) is 5.72. The average molecular weight is 366 g/mol. The van der Waals surface area contributed by atoms with Crippen LogP contribution < -0.4 is 4.90 Å². The van der Waals surface area contributed by atoms with Gasteiger partial charge in [-0.3, -0.25) is 19.3 Å². The summed E-state index contributed by atoms with van der Waals surface area (Å²) in [6, 6.07) is 6.98. The van der Waals surface area contributed by atoms with Crippen molar-refractivity contribution < 1.29 is 14.4 Å². The molecular formula is C22H26N2O3. The lowest BCUT2D eigenvalue weighted by Gasteiger charge is -2.30. The molecule has 4 rings (SSSR count). The molecule has 3 amide bonds. The number of amides is 3. The molecule has 3 aliphatic rings. The molecule has 0 radical (unpaired) electrons. The number of benzene rings is 1. The number of hydrogen-bond donors (Lipinski definition) is 0. The zero-order valence-electron chi connectivity index (χ0n) is 15.9. The number of piperidine rings is 1. The molecule has 0 unspecified atom stereocenters. The van der Waals surface area contributed by atoms with Crippen molar-refractivity contribution in [2.75, 3.05) is 18.0 Å². The molecule has 5 nitrogen and oxygen atoms in total. The Bertz CT molecular complexity index is 808. The predicted octanol–water partition coefficient (Wildman–Crippen LogP) is 3.26. The number of carbonyl (C=O) groups excluding carboxylic acids is 3. The summed E-state index contributed by atoms with van der Waals surface area (Å²) in [4.78, 5) is 41.9. The number of rotatable bonds is 2. The first-order valence-electron chi connectivity index (χ1n) is 9.91. The van der Waals surface area contributed by atoms with E-state index in [1.54, 1.807) is 24.3 Å². The first-order valence-corrected chi connectivity index (χ1v) is 9.91. The topological polar surface area (TPSA) is 57.7 Å². The molecule has 5 heteroatoms. The molecule has 2 saturated heterocycles. The highest BCUT2D eigenvalue weighted by molar-refractivity contribution is 6.22. The van der Waals surface area contributed by atoms with E-state index in [-0.39, 0.29) is 35.5 Å². The normalized spacial score (nSPS) is 28.6. The standard InChI is InChI=1S/C22H26N2O3/c1-14-9-11-23(12-10-14)20(25)16-6-4-7-17(13-16)24-21(26)18-8-3-5-15(2)19(18)22(24)27/h3-7,13-15,18-19H,8-12H2,1-2H3/t15-,18+,19+/m0/s1. The fourth-order valence-corrected chi connectivity index (χ4v) is 4.57. The van der Waals surface area contributed by atoms with Crippen LogP contribution in [0.3, 0.4) is 0 Å². The summed E-state index contributed by atoms with van der Waals surface area (Å²) in [5.74, 6) is -0.151. The average Bonchev–Trinajstić information content (AvgIpc) is 2.93. The fraction of sp³-hybridized carbons (Fsp3) is 0.500. The number of imide groups is 1. The summed E-state index contributed by atoms with van der Waals surface area (Å²) in [5.41, 5.74) is 1.06. The van der Waals surface area contributed by atoms with E-state index < -0.39 is 0 Å². The van der Waals surface area contributed by atoms with Gasteiger partial charge in [-0.2, -0.15) is 0 Å². The highest BCUT2D eigenvalue weighted by Gasteiger charge is 2.50. The summed E-state index contributed by atoms with van der Waals surface area (Å²) < 4.78 is 0. The Morgan fingerprint density at radius 2 is 1.81 bits per heavy atom. The minimum atomic E-state index is -0.287. The van der Waals surface area contributed by atoms with Gasteiger partial charge in [0.05, 0.1) is 17.5 Å². The zero-order chi connectivity index (χ0) is 19.1. The lowest BCUT2D eigenvalue weighted by atomic mass is 9.78. The predicted molar refractivity (Wildman–Crippen MR) is 103 cm³/mol. The summed E-state index contributed by atoms with van der Waals surface area (Å²) in [7, 11) is 0. The van der Waals surface area contributed by atoms with Crippen molar-refractivity contribution in [1.82, 2.24) is 4.90 Å². The molecule has 27 heavy (non-hydrogen) atoms. The van der Waals surface area contributed by atoms with Crippen LogP contribution in [0.2, 0.25) is 0 Å². The maximum atomic E-state index is 13.0. The van der Waals surface area contributed by atoms with Crippen molar-refractivity contribution >= 4 is 23.4 Å². The molecular weight excluding hydrogens is 340 g/mol. The molecule has 0 saturated carbocycles. The molecule has 0 spiro atoms. The zero-order valence-corrected chi connectivity index (χ0v) is 15.9. The Morgan fingerprint density at radius 3 is 2.52 bits per heavy atom. The Labute approximate surface area is 160 Å². The molecule has 0 N–H and O–H groups in total. The molecule has 2 fully saturated rings. The van der Waals surface area contributed by atoms with Crippen LogP contribution in [-0.4, -0.2) is 35.7 Å². The molecule has 3 atom stereocenters. The van der Waals surface area contributed by atoms with E-state index in [4.69, 9.17) is 0 Å². The van der Waals surface area contributed by atoms with Crippen molar-refractivity contribution in [3.8, 4) is 0 Å². The summed E-state index contributed by atoms with van der Waals surface area (Å²) in [5, 5.41) is 0. The van der Waals surface area contributed by atoms with Crippen LogP contribution in [0.15, 0.2) is 36.4 Å². The lowest BCUT2D eigenvalue weighted by Crippen LogP contribution is -2.38. The van der Waals surface area contributed by atoms with E-state index in [0.29, 0.717) is 23.6 Å². The highest BCUT2D eigenvalue weighted by Crippen LogP contribution is 2.40. The van der Waals surface area contributed by atoms with E-state index >= 15 is 0 Å².